The second-order valence-corrected chi connectivity index (χ2v) is 18.8. The average molecular weight is 763 g/mol. The van der Waals surface area contributed by atoms with Crippen LogP contribution in [0.25, 0.3) is 11.1 Å². The molecule has 0 aromatic heterocycles. The highest BCUT2D eigenvalue weighted by Gasteiger charge is 2.62. The van der Waals surface area contributed by atoms with Crippen molar-refractivity contribution in [3.05, 3.63) is 203 Å². The van der Waals surface area contributed by atoms with E-state index in [9.17, 15) is 0 Å². The van der Waals surface area contributed by atoms with Crippen LogP contribution >= 0.6 is 0 Å². The zero-order valence-corrected chi connectivity index (χ0v) is 33.7. The van der Waals surface area contributed by atoms with E-state index in [4.69, 9.17) is 0 Å². The van der Waals surface area contributed by atoms with Gasteiger partial charge in [-0.2, -0.15) is 0 Å². The molecule has 13 rings (SSSR count). The molecule has 0 aliphatic heterocycles. The number of nitrogens with zero attached hydrogens (tertiary/aromatic N) is 2. The molecule has 6 aliphatic rings. The molecule has 3 saturated carbocycles. The molecule has 0 amide bonds. The highest BCUT2D eigenvalue weighted by molar-refractivity contribution is 5.88. The summed E-state index contributed by atoms with van der Waals surface area (Å²) in [5.41, 5.74) is 21.0. The summed E-state index contributed by atoms with van der Waals surface area (Å²) in [5, 5.41) is 0. The Morgan fingerprint density at radius 2 is 0.983 bits per heavy atom. The number of para-hydroxylation sites is 2. The van der Waals surface area contributed by atoms with E-state index in [1.807, 2.05) is 0 Å². The molecule has 6 unspecified atom stereocenters. The number of hydrogen-bond acceptors (Lipinski definition) is 2. The lowest BCUT2D eigenvalue weighted by atomic mass is 9.68. The minimum atomic E-state index is -0.0755. The Morgan fingerprint density at radius 1 is 0.424 bits per heavy atom. The second kappa shape index (κ2) is 13.1. The third-order valence-corrected chi connectivity index (χ3v) is 16.0. The van der Waals surface area contributed by atoms with E-state index in [2.05, 4.69) is 174 Å². The van der Waals surface area contributed by atoms with Crippen molar-refractivity contribution < 1.29 is 0 Å². The highest BCUT2D eigenvalue weighted by Crippen LogP contribution is 2.69. The molecule has 6 atom stereocenters. The maximum absolute atomic E-state index is 2.67. The molecule has 7 aromatic carbocycles. The SMILES string of the molecule is c1ccc(N(c2ccccc2)c2cccc3c2C24c5c(cccc5N(c5ccc(C6CC7CCC6C7)cc5)c5ccc6c(c5)Cc5ccccc5-6)CC2CCC4C3)cc1. The first kappa shape index (κ1) is 34.0. The summed E-state index contributed by atoms with van der Waals surface area (Å²) in [6, 6.07) is 63.0. The monoisotopic (exact) mass is 762 g/mol. The van der Waals surface area contributed by atoms with Crippen LogP contribution in [0.1, 0.15) is 83.4 Å². The van der Waals surface area contributed by atoms with E-state index in [1.54, 1.807) is 22.3 Å². The van der Waals surface area contributed by atoms with Crippen molar-refractivity contribution in [2.24, 2.45) is 23.7 Å². The lowest BCUT2D eigenvalue weighted by Crippen LogP contribution is -2.34. The normalized spacial score (nSPS) is 24.9. The number of anilines is 6. The van der Waals surface area contributed by atoms with Gasteiger partial charge in [0.2, 0.25) is 0 Å². The fourth-order valence-corrected chi connectivity index (χ4v) is 13.8. The number of fused-ring (bicyclic) bond motifs is 7. The molecule has 2 heteroatoms. The summed E-state index contributed by atoms with van der Waals surface area (Å²) >= 11 is 0. The van der Waals surface area contributed by atoms with Crippen molar-refractivity contribution in [3.63, 3.8) is 0 Å². The van der Waals surface area contributed by atoms with Gasteiger partial charge in [0.1, 0.15) is 0 Å². The fraction of sp³-hybridized carbons (Fsp3) is 0.263. The first-order valence-corrected chi connectivity index (χ1v) is 22.5. The summed E-state index contributed by atoms with van der Waals surface area (Å²) in [4.78, 5) is 5.22. The predicted octanol–water partition coefficient (Wildman–Crippen LogP) is 14.5. The molecule has 6 aliphatic carbocycles. The van der Waals surface area contributed by atoms with Gasteiger partial charge in [0.15, 0.2) is 0 Å². The van der Waals surface area contributed by atoms with E-state index in [1.165, 1.54) is 100 Å². The molecule has 3 fully saturated rings. The number of benzene rings is 7. The summed E-state index contributed by atoms with van der Waals surface area (Å²) in [6.45, 7) is 0. The minimum Gasteiger partial charge on any atom is -0.310 e. The van der Waals surface area contributed by atoms with E-state index in [0.29, 0.717) is 11.8 Å². The van der Waals surface area contributed by atoms with E-state index >= 15 is 0 Å². The van der Waals surface area contributed by atoms with E-state index < -0.39 is 0 Å². The molecular weight excluding hydrogens is 713 g/mol. The van der Waals surface area contributed by atoms with Gasteiger partial charge in [-0.15, -0.1) is 0 Å². The summed E-state index contributed by atoms with van der Waals surface area (Å²) in [7, 11) is 0. The molecule has 7 aromatic rings. The highest BCUT2D eigenvalue weighted by atomic mass is 15.2. The number of hydrogen-bond donors (Lipinski definition) is 0. The maximum Gasteiger partial charge on any atom is 0.0505 e. The van der Waals surface area contributed by atoms with Crippen molar-refractivity contribution >= 4 is 34.1 Å². The zero-order valence-electron chi connectivity index (χ0n) is 33.7. The standard InChI is InChI=1S/C57H50N2/c1-3-14-46(15-4-1)58(47-16-5-2-6-17-47)53-19-9-12-41-34-44-25-26-45-35-42-13-10-20-54(56(42)57(44,45)55(41)53)59(48-27-23-38(24-28-48)52-32-37-21-22-40(52)31-37)49-29-30-51-43(36-49)33-39-11-7-8-18-50(39)51/h1-20,23-24,27-30,36-37,40,44-45,52H,21-22,25-26,31-35H2. The van der Waals surface area contributed by atoms with Crippen molar-refractivity contribution in [2.45, 2.75) is 69.1 Å². The summed E-state index contributed by atoms with van der Waals surface area (Å²) in [6.07, 6.45) is 11.5. The van der Waals surface area contributed by atoms with Gasteiger partial charge in [-0.25, -0.2) is 0 Å². The second-order valence-electron chi connectivity index (χ2n) is 18.8. The van der Waals surface area contributed by atoms with Crippen LogP contribution in [0.15, 0.2) is 164 Å². The Balaban J connectivity index is 1.02. The van der Waals surface area contributed by atoms with Crippen LogP contribution < -0.4 is 9.80 Å². The minimum absolute atomic E-state index is 0.0755. The molecule has 288 valence electrons. The van der Waals surface area contributed by atoms with Crippen LogP contribution in [-0.4, -0.2) is 0 Å². The van der Waals surface area contributed by atoms with Gasteiger partial charge in [-0.3, -0.25) is 0 Å². The van der Waals surface area contributed by atoms with Crippen molar-refractivity contribution in [3.8, 4) is 11.1 Å². The molecule has 0 saturated heterocycles. The topological polar surface area (TPSA) is 6.48 Å². The average Bonchev–Trinajstić information content (AvgIpc) is 4.15. The quantitative estimate of drug-likeness (QED) is 0.160. The van der Waals surface area contributed by atoms with Gasteiger partial charge in [-0.05, 0) is 192 Å². The van der Waals surface area contributed by atoms with Crippen molar-refractivity contribution in [1.29, 1.82) is 0 Å². The lowest BCUT2D eigenvalue weighted by Gasteiger charge is -2.40. The summed E-state index contributed by atoms with van der Waals surface area (Å²) in [5.74, 6) is 3.66. The number of rotatable bonds is 7. The molecule has 0 radical (unpaired) electrons. The Kier molecular flexibility index (Phi) is 7.54. The van der Waals surface area contributed by atoms with Crippen LogP contribution in [0.3, 0.4) is 0 Å². The van der Waals surface area contributed by atoms with Crippen LogP contribution in [0, 0.1) is 23.7 Å². The van der Waals surface area contributed by atoms with Gasteiger partial charge < -0.3 is 9.80 Å². The first-order chi connectivity index (χ1) is 29.2. The van der Waals surface area contributed by atoms with E-state index in [0.717, 1.165) is 37.0 Å². The predicted molar refractivity (Wildman–Crippen MR) is 243 cm³/mol. The van der Waals surface area contributed by atoms with Gasteiger partial charge >= 0.3 is 0 Å². The van der Waals surface area contributed by atoms with Crippen LogP contribution in [0.4, 0.5) is 34.1 Å². The molecular formula is C57H50N2. The third kappa shape index (κ3) is 4.99. The Bertz CT molecular complexity index is 2700. The molecule has 2 nitrogen and oxygen atoms in total. The Labute approximate surface area is 349 Å². The van der Waals surface area contributed by atoms with Gasteiger partial charge in [0, 0.05) is 28.2 Å². The zero-order chi connectivity index (χ0) is 38.7. The van der Waals surface area contributed by atoms with E-state index in [-0.39, 0.29) is 5.41 Å². The summed E-state index contributed by atoms with van der Waals surface area (Å²) < 4.78 is 0. The smallest absolute Gasteiger partial charge is 0.0505 e. The molecule has 59 heavy (non-hydrogen) atoms. The van der Waals surface area contributed by atoms with Crippen LogP contribution in [0.2, 0.25) is 0 Å². The first-order valence-electron chi connectivity index (χ1n) is 22.5. The molecule has 2 bridgehead atoms. The molecule has 0 N–H and O–H groups in total. The van der Waals surface area contributed by atoms with Gasteiger partial charge in [-0.1, -0.05) is 110 Å². The third-order valence-electron chi connectivity index (χ3n) is 16.0. The van der Waals surface area contributed by atoms with Crippen molar-refractivity contribution in [1.82, 2.24) is 0 Å². The Morgan fingerprint density at radius 3 is 1.61 bits per heavy atom. The maximum atomic E-state index is 2.67. The largest absolute Gasteiger partial charge is 0.310 e. The molecule has 0 heterocycles. The fourth-order valence-electron chi connectivity index (χ4n) is 13.8. The Hall–Kier alpha value is -5.86. The van der Waals surface area contributed by atoms with Crippen LogP contribution in [0.5, 0.6) is 0 Å². The van der Waals surface area contributed by atoms with Gasteiger partial charge in [0.25, 0.3) is 0 Å². The van der Waals surface area contributed by atoms with Crippen molar-refractivity contribution in [2.75, 3.05) is 9.80 Å². The van der Waals surface area contributed by atoms with Gasteiger partial charge in [0.05, 0.1) is 11.4 Å². The molecule has 1 spiro atoms. The lowest BCUT2D eigenvalue weighted by molar-refractivity contribution is 0.350. The van der Waals surface area contributed by atoms with Crippen LogP contribution in [-0.2, 0) is 24.7 Å².